The zero-order valence-corrected chi connectivity index (χ0v) is 9.70. The molecule has 0 spiro atoms. The maximum absolute atomic E-state index is 13.1. The lowest BCUT2D eigenvalue weighted by atomic mass is 10.0. The number of benzene rings is 1. The van der Waals surface area contributed by atoms with Crippen molar-refractivity contribution in [3.8, 4) is 0 Å². The highest BCUT2D eigenvalue weighted by Crippen LogP contribution is 2.21. The van der Waals surface area contributed by atoms with Crippen LogP contribution in [0.5, 0.6) is 0 Å². The molecule has 16 heavy (non-hydrogen) atoms. The average Bonchev–Trinajstić information content (AvgIpc) is 2.24. The fraction of sp³-hybridized carbons (Fsp3) is 0.417. The van der Waals surface area contributed by atoms with Crippen LogP contribution in [0.15, 0.2) is 18.2 Å². The number of aliphatic hydroxyl groups excluding tert-OH is 1. The summed E-state index contributed by atoms with van der Waals surface area (Å²) in [7, 11) is 1.61. The number of aryl methyl sites for hydroxylation is 1. The molecular weight excluding hydrogens is 209 g/mol. The zero-order valence-electron chi connectivity index (χ0n) is 9.70. The van der Waals surface area contributed by atoms with Gasteiger partial charge in [0, 0.05) is 14.0 Å². The summed E-state index contributed by atoms with van der Waals surface area (Å²) in [5.74, 6) is -0.424. The summed E-state index contributed by atoms with van der Waals surface area (Å²) >= 11 is 0. The van der Waals surface area contributed by atoms with E-state index in [0.29, 0.717) is 5.56 Å². The van der Waals surface area contributed by atoms with E-state index in [1.807, 2.05) is 0 Å². The standard InChI is InChI=1S/C12H16FNO2/c1-8-6-10(4-5-11(8)13)12(7-15)14(3)9(2)16/h4-6,12,15H,7H2,1-3H3. The number of aliphatic hydroxyl groups is 1. The molecule has 1 amide bonds. The van der Waals surface area contributed by atoms with Gasteiger partial charge in [-0.05, 0) is 24.1 Å². The van der Waals surface area contributed by atoms with Crippen LogP contribution in [-0.2, 0) is 4.79 Å². The van der Waals surface area contributed by atoms with Gasteiger partial charge in [0.15, 0.2) is 0 Å². The number of nitrogens with zero attached hydrogens (tertiary/aromatic N) is 1. The van der Waals surface area contributed by atoms with Gasteiger partial charge in [0.25, 0.3) is 0 Å². The number of amides is 1. The van der Waals surface area contributed by atoms with Crippen molar-refractivity contribution in [3.63, 3.8) is 0 Å². The van der Waals surface area contributed by atoms with Gasteiger partial charge in [0.2, 0.25) is 5.91 Å². The molecule has 1 unspecified atom stereocenters. The summed E-state index contributed by atoms with van der Waals surface area (Å²) in [5.41, 5.74) is 1.24. The molecular formula is C12H16FNO2. The molecule has 1 aromatic carbocycles. The summed E-state index contributed by atoms with van der Waals surface area (Å²) < 4.78 is 13.1. The minimum atomic E-state index is -0.420. The number of hydrogen-bond donors (Lipinski definition) is 1. The predicted octanol–water partition coefficient (Wildman–Crippen LogP) is 1.65. The van der Waals surface area contributed by atoms with Crippen LogP contribution < -0.4 is 0 Å². The number of carbonyl (C=O) groups excluding carboxylic acids is 1. The SMILES string of the molecule is CC(=O)N(C)C(CO)c1ccc(F)c(C)c1. The van der Waals surface area contributed by atoms with Crippen molar-refractivity contribution in [1.29, 1.82) is 0 Å². The second kappa shape index (κ2) is 5.07. The van der Waals surface area contributed by atoms with E-state index >= 15 is 0 Å². The van der Waals surface area contributed by atoms with Gasteiger partial charge in [-0.2, -0.15) is 0 Å². The Bertz CT molecular complexity index is 393. The average molecular weight is 225 g/mol. The van der Waals surface area contributed by atoms with Crippen LogP contribution >= 0.6 is 0 Å². The van der Waals surface area contributed by atoms with E-state index < -0.39 is 6.04 Å². The van der Waals surface area contributed by atoms with Crippen molar-refractivity contribution in [2.45, 2.75) is 19.9 Å². The number of carbonyl (C=O) groups is 1. The van der Waals surface area contributed by atoms with Crippen LogP contribution in [0.1, 0.15) is 24.1 Å². The smallest absolute Gasteiger partial charge is 0.219 e. The quantitative estimate of drug-likeness (QED) is 0.849. The van der Waals surface area contributed by atoms with Gasteiger partial charge in [-0.15, -0.1) is 0 Å². The first-order valence-electron chi connectivity index (χ1n) is 5.07. The highest BCUT2D eigenvalue weighted by atomic mass is 19.1. The lowest BCUT2D eigenvalue weighted by molar-refractivity contribution is -0.130. The third-order valence-corrected chi connectivity index (χ3v) is 2.70. The van der Waals surface area contributed by atoms with Crippen molar-refractivity contribution in [2.75, 3.05) is 13.7 Å². The first kappa shape index (κ1) is 12.6. The van der Waals surface area contributed by atoms with Crippen LogP contribution in [-0.4, -0.2) is 29.6 Å². The van der Waals surface area contributed by atoms with E-state index in [1.165, 1.54) is 17.9 Å². The van der Waals surface area contributed by atoms with Gasteiger partial charge >= 0.3 is 0 Å². The van der Waals surface area contributed by atoms with Crippen molar-refractivity contribution in [3.05, 3.63) is 35.1 Å². The Morgan fingerprint density at radius 2 is 2.19 bits per heavy atom. The number of likely N-dealkylation sites (N-methyl/N-ethyl adjacent to an activating group) is 1. The van der Waals surface area contributed by atoms with Crippen LogP contribution in [0.2, 0.25) is 0 Å². The van der Waals surface area contributed by atoms with Crippen molar-refractivity contribution in [1.82, 2.24) is 4.90 Å². The Morgan fingerprint density at radius 3 is 2.62 bits per heavy atom. The van der Waals surface area contributed by atoms with E-state index in [-0.39, 0.29) is 18.3 Å². The van der Waals surface area contributed by atoms with E-state index in [9.17, 15) is 14.3 Å². The molecule has 0 saturated heterocycles. The molecule has 0 aliphatic carbocycles. The summed E-state index contributed by atoms with van der Waals surface area (Å²) in [6.45, 7) is 2.90. The van der Waals surface area contributed by atoms with Crippen LogP contribution in [0.4, 0.5) is 4.39 Å². The topological polar surface area (TPSA) is 40.5 Å². The molecule has 1 aromatic rings. The molecule has 0 aliphatic heterocycles. The Hall–Kier alpha value is -1.42. The Labute approximate surface area is 94.5 Å². The van der Waals surface area contributed by atoms with Crippen molar-refractivity contribution < 1.29 is 14.3 Å². The van der Waals surface area contributed by atoms with Gasteiger partial charge in [0.05, 0.1) is 12.6 Å². The molecule has 0 aliphatic rings. The third-order valence-electron chi connectivity index (χ3n) is 2.70. The highest BCUT2D eigenvalue weighted by molar-refractivity contribution is 5.73. The highest BCUT2D eigenvalue weighted by Gasteiger charge is 2.18. The van der Waals surface area contributed by atoms with Gasteiger partial charge in [-0.25, -0.2) is 4.39 Å². The minimum Gasteiger partial charge on any atom is -0.394 e. The van der Waals surface area contributed by atoms with Gasteiger partial charge in [-0.3, -0.25) is 4.79 Å². The Balaban J connectivity index is 3.04. The van der Waals surface area contributed by atoms with Gasteiger partial charge < -0.3 is 10.0 Å². The number of rotatable bonds is 3. The predicted molar refractivity (Wildman–Crippen MR) is 59.4 cm³/mol. The molecule has 4 heteroatoms. The maximum Gasteiger partial charge on any atom is 0.219 e. The molecule has 0 saturated carbocycles. The fourth-order valence-electron chi connectivity index (χ4n) is 1.55. The monoisotopic (exact) mass is 225 g/mol. The molecule has 0 fully saturated rings. The molecule has 0 heterocycles. The molecule has 1 rings (SSSR count). The number of halogens is 1. The van der Waals surface area contributed by atoms with E-state index in [2.05, 4.69) is 0 Å². The summed E-state index contributed by atoms with van der Waals surface area (Å²) in [6.07, 6.45) is 0. The molecule has 88 valence electrons. The zero-order chi connectivity index (χ0) is 12.3. The lowest BCUT2D eigenvalue weighted by Gasteiger charge is -2.26. The molecule has 1 atom stereocenters. The van der Waals surface area contributed by atoms with Gasteiger partial charge in [-0.1, -0.05) is 12.1 Å². The molecule has 1 N–H and O–H groups in total. The first-order chi connectivity index (χ1) is 7.47. The largest absolute Gasteiger partial charge is 0.394 e. The number of hydrogen-bond acceptors (Lipinski definition) is 2. The summed E-state index contributed by atoms with van der Waals surface area (Å²) in [5, 5.41) is 9.27. The Kier molecular flexibility index (Phi) is 4.01. The normalized spacial score (nSPS) is 12.3. The fourth-order valence-corrected chi connectivity index (χ4v) is 1.55. The third kappa shape index (κ3) is 2.58. The van der Waals surface area contributed by atoms with Crippen molar-refractivity contribution in [2.24, 2.45) is 0 Å². The molecule has 0 bridgehead atoms. The Morgan fingerprint density at radius 1 is 1.56 bits per heavy atom. The van der Waals surface area contributed by atoms with Crippen LogP contribution in [0, 0.1) is 12.7 Å². The van der Waals surface area contributed by atoms with E-state index in [1.54, 1.807) is 26.1 Å². The van der Waals surface area contributed by atoms with E-state index in [4.69, 9.17) is 0 Å². The van der Waals surface area contributed by atoms with Crippen molar-refractivity contribution >= 4 is 5.91 Å². The minimum absolute atomic E-state index is 0.138. The maximum atomic E-state index is 13.1. The lowest BCUT2D eigenvalue weighted by Crippen LogP contribution is -2.31. The van der Waals surface area contributed by atoms with Crippen LogP contribution in [0.3, 0.4) is 0 Å². The molecule has 0 aromatic heterocycles. The van der Waals surface area contributed by atoms with E-state index in [0.717, 1.165) is 5.56 Å². The van der Waals surface area contributed by atoms with Crippen LogP contribution in [0.25, 0.3) is 0 Å². The molecule has 0 radical (unpaired) electrons. The first-order valence-corrected chi connectivity index (χ1v) is 5.07. The second-order valence-electron chi connectivity index (χ2n) is 3.84. The second-order valence-corrected chi connectivity index (χ2v) is 3.84. The molecule has 3 nitrogen and oxygen atoms in total. The summed E-state index contributed by atoms with van der Waals surface area (Å²) in [4.78, 5) is 12.6. The summed E-state index contributed by atoms with van der Waals surface area (Å²) in [6, 6.07) is 4.16. The van der Waals surface area contributed by atoms with Gasteiger partial charge in [0.1, 0.15) is 5.82 Å².